The summed E-state index contributed by atoms with van der Waals surface area (Å²) in [6, 6.07) is 15.7. The molecule has 8 atom stereocenters. The molecule has 8 saturated heterocycles. The second-order valence-electron chi connectivity index (χ2n) is 35.7. The van der Waals surface area contributed by atoms with Crippen molar-refractivity contribution in [1.29, 1.82) is 0 Å². The standard InChI is InChI=1S/C11H23N.C11H16.C10H19N.C10H21N.C9H19NO.3C9H19N.C8H17N/c1-9-7-6-8-10(2)12(9)11(3,4)5;1-8(2)11-9(3)6-5-7-10(11)4;1-8(2)11-6-5-10(7-11)9-3-4-9;1-9(2)11-8-6-5-7-10(11,3)4;1-7(2)10-5-8(3)11-9(4)6-10;3*1-8(2)10-7-5-4-6-9(10)3;1-8(2)9-6-4-3-5-7-9/h9-10H,6-8H2,1-5H3;5-8H,1-4H3;8-10H,3-7H2,1-2H3;9H,5-8H2,1-4H3;7-9H,5-6H2,1-4H3;3*8-9H,4-7H2,1-3H3;8H,3-7H2,1-2H3/t;;10-;;8-,9+;2*9-;;/m..1..11../s1. The lowest BCUT2D eigenvalue weighted by atomic mass is 9.89. The van der Waals surface area contributed by atoms with Crippen molar-refractivity contribution in [3.63, 3.8) is 0 Å². The zero-order valence-corrected chi connectivity index (χ0v) is 70.0. The summed E-state index contributed by atoms with van der Waals surface area (Å²) in [5.74, 6) is 2.84. The molecule has 1 aromatic carbocycles. The van der Waals surface area contributed by atoms with Gasteiger partial charge in [-0.2, -0.15) is 0 Å². The zero-order chi connectivity index (χ0) is 71.9. The van der Waals surface area contributed by atoms with E-state index in [1.807, 2.05) is 0 Å². The molecular formula is C86H172N8O. The summed E-state index contributed by atoms with van der Waals surface area (Å²) in [6.07, 6.45) is 30.7. The maximum absolute atomic E-state index is 5.62. The summed E-state index contributed by atoms with van der Waals surface area (Å²) in [5, 5.41) is 0. The predicted octanol–water partition coefficient (Wildman–Crippen LogP) is 21.5. The number of aryl methyl sites for hydroxylation is 2. The van der Waals surface area contributed by atoms with Crippen LogP contribution >= 0.6 is 0 Å². The van der Waals surface area contributed by atoms with Crippen LogP contribution in [0.1, 0.15) is 351 Å². The van der Waals surface area contributed by atoms with Crippen LogP contribution in [0.15, 0.2) is 18.2 Å². The van der Waals surface area contributed by atoms with Gasteiger partial charge in [-0.3, -0.25) is 29.4 Å². The number of rotatable bonds is 9. The lowest BCUT2D eigenvalue weighted by Crippen LogP contribution is -2.53. The van der Waals surface area contributed by atoms with Gasteiger partial charge in [0.2, 0.25) is 0 Å². The summed E-state index contributed by atoms with van der Waals surface area (Å²) in [7, 11) is 0. The second-order valence-corrected chi connectivity index (χ2v) is 35.7. The third-order valence-electron chi connectivity index (χ3n) is 23.1. The lowest BCUT2D eigenvalue weighted by molar-refractivity contribution is -0.0764. The van der Waals surface area contributed by atoms with Crippen LogP contribution < -0.4 is 0 Å². The van der Waals surface area contributed by atoms with Crippen molar-refractivity contribution in [2.75, 3.05) is 65.4 Å². The fourth-order valence-corrected chi connectivity index (χ4v) is 17.7. The lowest BCUT2D eigenvalue weighted by Gasteiger charge is -2.47. The van der Waals surface area contributed by atoms with Crippen LogP contribution in [-0.2, 0) is 4.74 Å². The molecule has 0 radical (unpaired) electrons. The topological polar surface area (TPSA) is 35.2 Å². The Bertz CT molecular complexity index is 1940. The van der Waals surface area contributed by atoms with Gasteiger partial charge in [0.25, 0.3) is 0 Å². The minimum atomic E-state index is 0.346. The molecule has 1 aliphatic carbocycles. The molecular weight excluding hydrogens is 1160 g/mol. The van der Waals surface area contributed by atoms with E-state index in [0.29, 0.717) is 41.3 Å². The van der Waals surface area contributed by atoms with Crippen molar-refractivity contribution in [3.8, 4) is 0 Å². The van der Waals surface area contributed by atoms with Crippen molar-refractivity contribution in [1.82, 2.24) is 39.2 Å². The SMILES string of the molecule is CC(C)N1CCCCC1.CC(C)N1CCCCC1(C)C.CC(C)N1CCCCC1C.CC(C)N1CCCC[C@H]1C.CC(C)N1CCCC[C@H]1C.CC(C)N1CC[C@@H](C2CC2)C1.CC(C)N1C[C@@H](C)O[C@@H](C)C1.CC1CCCC(C)N1C(C)(C)C.Cc1cccc(C)c1C(C)C. The third-order valence-corrected chi connectivity index (χ3v) is 23.1. The fourth-order valence-electron chi connectivity index (χ4n) is 17.7. The maximum atomic E-state index is 5.62. The molecule has 562 valence electrons. The Morgan fingerprint density at radius 3 is 1.04 bits per heavy atom. The maximum Gasteiger partial charge on any atom is 0.0678 e. The molecule has 0 aromatic heterocycles. The molecule has 9 nitrogen and oxygen atoms in total. The largest absolute Gasteiger partial charge is 0.373 e. The third kappa shape index (κ3) is 35.1. The van der Waals surface area contributed by atoms with Crippen LogP contribution in [-0.4, -0.2) is 200 Å². The van der Waals surface area contributed by atoms with Gasteiger partial charge < -0.3 is 14.5 Å². The number of likely N-dealkylation sites (tertiary alicyclic amines) is 7. The van der Waals surface area contributed by atoms with Gasteiger partial charge in [-0.15, -0.1) is 0 Å². The van der Waals surface area contributed by atoms with E-state index in [2.05, 4.69) is 265 Å². The monoisotopic (exact) mass is 1330 g/mol. The Morgan fingerprint density at radius 2 is 0.768 bits per heavy atom. The fraction of sp³-hybridized carbons (Fsp3) is 0.930. The van der Waals surface area contributed by atoms with Gasteiger partial charge in [0.1, 0.15) is 0 Å². The summed E-state index contributed by atoms with van der Waals surface area (Å²) in [6.45, 7) is 81.5. The molecule has 0 N–H and O–H groups in total. The van der Waals surface area contributed by atoms with Gasteiger partial charge in [0, 0.05) is 103 Å². The Kier molecular flexibility index (Phi) is 44.0. The number of hydrogen-bond donors (Lipinski definition) is 0. The number of nitrogens with zero attached hydrogens (tertiary/aromatic N) is 8. The molecule has 95 heavy (non-hydrogen) atoms. The second kappa shape index (κ2) is 46.5. The van der Waals surface area contributed by atoms with Crippen LogP contribution in [0.25, 0.3) is 0 Å². The smallest absolute Gasteiger partial charge is 0.0678 e. The molecule has 0 bridgehead atoms. The molecule has 0 amide bonds. The molecule has 9 aliphatic rings. The van der Waals surface area contributed by atoms with Crippen molar-refractivity contribution in [2.45, 2.75) is 444 Å². The average molecular weight is 1330 g/mol. The summed E-state index contributed by atoms with van der Waals surface area (Å²) in [4.78, 5) is 20.7. The van der Waals surface area contributed by atoms with Gasteiger partial charge in [0.05, 0.1) is 12.2 Å². The molecule has 1 aromatic rings. The number of ether oxygens (including phenoxy) is 1. The molecule has 8 aliphatic heterocycles. The first-order valence-corrected chi connectivity index (χ1v) is 41.2. The van der Waals surface area contributed by atoms with Gasteiger partial charge in [-0.05, 0) is 370 Å². The van der Waals surface area contributed by atoms with Gasteiger partial charge in [0.15, 0.2) is 0 Å². The van der Waals surface area contributed by atoms with Crippen molar-refractivity contribution >= 4 is 0 Å². The Labute approximate surface area is 597 Å². The summed E-state index contributed by atoms with van der Waals surface area (Å²) in [5.41, 5.74) is 5.14. The van der Waals surface area contributed by atoms with Crippen LogP contribution in [0.4, 0.5) is 0 Å². The number of hydrogen-bond acceptors (Lipinski definition) is 9. The number of piperidine rings is 6. The highest BCUT2D eigenvalue weighted by atomic mass is 16.5. The first kappa shape index (κ1) is 89.9. The molecule has 9 heteroatoms. The highest BCUT2D eigenvalue weighted by Crippen LogP contribution is 2.41. The number of benzene rings is 1. The first-order chi connectivity index (χ1) is 44.4. The van der Waals surface area contributed by atoms with Crippen LogP contribution in [0.3, 0.4) is 0 Å². The first-order valence-electron chi connectivity index (χ1n) is 41.2. The van der Waals surface area contributed by atoms with Crippen LogP contribution in [0, 0.1) is 25.7 Å². The average Bonchev–Trinajstić information content (AvgIpc) is 1.85. The normalized spacial score (nSPS) is 27.9. The molecule has 1 saturated carbocycles. The van der Waals surface area contributed by atoms with Gasteiger partial charge in [-0.25, -0.2) is 0 Å². The highest BCUT2D eigenvalue weighted by Gasteiger charge is 2.37. The van der Waals surface area contributed by atoms with E-state index in [4.69, 9.17) is 4.74 Å². The van der Waals surface area contributed by atoms with Gasteiger partial charge >= 0.3 is 0 Å². The van der Waals surface area contributed by atoms with E-state index in [-0.39, 0.29) is 0 Å². The molecule has 3 unspecified atom stereocenters. The minimum absolute atomic E-state index is 0.346. The Balaban J connectivity index is 0.000000364. The minimum Gasteiger partial charge on any atom is -0.373 e. The Hall–Kier alpha value is -1.14. The molecule has 10 rings (SSSR count). The summed E-state index contributed by atoms with van der Waals surface area (Å²) < 4.78 is 5.62. The van der Waals surface area contributed by atoms with E-state index >= 15 is 0 Å². The van der Waals surface area contributed by atoms with E-state index in [9.17, 15) is 0 Å². The zero-order valence-electron chi connectivity index (χ0n) is 70.0. The molecule has 9 fully saturated rings. The molecule has 0 spiro atoms. The predicted molar refractivity (Wildman–Crippen MR) is 424 cm³/mol. The quantitative estimate of drug-likeness (QED) is 0.240. The van der Waals surface area contributed by atoms with Crippen molar-refractivity contribution in [3.05, 3.63) is 34.9 Å². The van der Waals surface area contributed by atoms with Crippen LogP contribution in [0.2, 0.25) is 0 Å². The summed E-state index contributed by atoms with van der Waals surface area (Å²) >= 11 is 0. The van der Waals surface area contributed by atoms with E-state index in [1.54, 1.807) is 0 Å². The van der Waals surface area contributed by atoms with Crippen molar-refractivity contribution < 1.29 is 4.74 Å². The Morgan fingerprint density at radius 1 is 0.379 bits per heavy atom. The van der Waals surface area contributed by atoms with Gasteiger partial charge in [-0.1, -0.05) is 70.6 Å². The highest BCUT2D eigenvalue weighted by molar-refractivity contribution is 5.35. The van der Waals surface area contributed by atoms with E-state index in [1.165, 1.54) is 204 Å². The number of morpholine rings is 1. The van der Waals surface area contributed by atoms with Crippen LogP contribution in [0.5, 0.6) is 0 Å². The molecule has 8 heterocycles. The van der Waals surface area contributed by atoms with E-state index < -0.39 is 0 Å². The van der Waals surface area contributed by atoms with E-state index in [0.717, 1.165) is 85.3 Å². The van der Waals surface area contributed by atoms with Crippen molar-refractivity contribution in [2.24, 2.45) is 11.8 Å².